The Hall–Kier alpha value is -1.84. The first-order valence-corrected chi connectivity index (χ1v) is 7.80. The molecule has 0 heterocycles. The van der Waals surface area contributed by atoms with Gasteiger partial charge >= 0.3 is 0 Å². The van der Waals surface area contributed by atoms with E-state index in [0.717, 1.165) is 31.4 Å². The number of amides is 2. The second kappa shape index (κ2) is 5.51. The summed E-state index contributed by atoms with van der Waals surface area (Å²) >= 11 is 0. The molecule has 2 amide bonds. The topological polar surface area (TPSA) is 49.4 Å². The van der Waals surface area contributed by atoms with E-state index in [4.69, 9.17) is 0 Å². The van der Waals surface area contributed by atoms with Crippen LogP contribution in [0.5, 0.6) is 0 Å². The molecule has 0 unspecified atom stereocenters. The molecular formula is C17H22N2O2. The second-order valence-corrected chi connectivity index (χ2v) is 6.38. The highest BCUT2D eigenvalue weighted by Gasteiger charge is 2.34. The van der Waals surface area contributed by atoms with Crippen LogP contribution in [0.3, 0.4) is 0 Å². The van der Waals surface area contributed by atoms with E-state index in [1.54, 1.807) is 0 Å². The van der Waals surface area contributed by atoms with Gasteiger partial charge < -0.3 is 10.2 Å². The van der Waals surface area contributed by atoms with Crippen LogP contribution in [0.25, 0.3) is 0 Å². The van der Waals surface area contributed by atoms with Gasteiger partial charge in [0.05, 0.1) is 0 Å². The maximum absolute atomic E-state index is 12.6. The quantitative estimate of drug-likeness (QED) is 0.904. The summed E-state index contributed by atoms with van der Waals surface area (Å²) in [6.07, 6.45) is 4.21. The van der Waals surface area contributed by atoms with Gasteiger partial charge in [0.2, 0.25) is 5.91 Å². The molecule has 0 atom stereocenters. The van der Waals surface area contributed by atoms with Crippen molar-refractivity contribution in [1.82, 2.24) is 4.90 Å². The predicted molar refractivity (Wildman–Crippen MR) is 82.1 cm³/mol. The number of nitrogens with zero attached hydrogens (tertiary/aromatic N) is 1. The van der Waals surface area contributed by atoms with Crippen LogP contribution in [-0.4, -0.2) is 28.8 Å². The minimum absolute atomic E-state index is 0.0903. The molecule has 2 aliphatic rings. The fraction of sp³-hybridized carbons (Fsp3) is 0.529. The fourth-order valence-corrected chi connectivity index (χ4v) is 2.61. The normalized spacial score (nSPS) is 17.7. The van der Waals surface area contributed by atoms with Gasteiger partial charge in [-0.25, -0.2) is 0 Å². The van der Waals surface area contributed by atoms with Crippen molar-refractivity contribution in [2.24, 2.45) is 5.92 Å². The van der Waals surface area contributed by atoms with E-state index in [0.29, 0.717) is 11.6 Å². The summed E-state index contributed by atoms with van der Waals surface area (Å²) in [6.45, 7) is 4.11. The minimum Gasteiger partial charge on any atom is -0.333 e. The molecule has 0 aliphatic heterocycles. The third-order valence-electron chi connectivity index (χ3n) is 4.08. The van der Waals surface area contributed by atoms with E-state index >= 15 is 0 Å². The summed E-state index contributed by atoms with van der Waals surface area (Å²) in [7, 11) is 0. The number of anilines is 1. The van der Waals surface area contributed by atoms with Gasteiger partial charge in [0, 0.05) is 29.3 Å². The SMILES string of the molecule is CC(C)N(C(=O)c1ccc(NC(=O)C2CC2)cc1)C1CC1. The molecular weight excluding hydrogens is 264 g/mol. The molecule has 0 radical (unpaired) electrons. The van der Waals surface area contributed by atoms with Gasteiger partial charge in [-0.3, -0.25) is 9.59 Å². The number of nitrogens with one attached hydrogen (secondary N) is 1. The van der Waals surface area contributed by atoms with Gasteiger partial charge in [0.1, 0.15) is 0 Å². The van der Waals surface area contributed by atoms with Crippen LogP contribution in [0, 0.1) is 5.92 Å². The summed E-state index contributed by atoms with van der Waals surface area (Å²) in [4.78, 5) is 26.2. The third-order valence-corrected chi connectivity index (χ3v) is 4.08. The Morgan fingerprint density at radius 1 is 1.10 bits per heavy atom. The van der Waals surface area contributed by atoms with Crippen LogP contribution in [-0.2, 0) is 4.79 Å². The highest BCUT2D eigenvalue weighted by molar-refractivity contribution is 5.97. The summed E-state index contributed by atoms with van der Waals surface area (Å²) in [5.41, 5.74) is 1.46. The summed E-state index contributed by atoms with van der Waals surface area (Å²) < 4.78 is 0. The molecule has 1 aromatic rings. The minimum atomic E-state index is 0.0903. The monoisotopic (exact) mass is 286 g/mol. The molecule has 0 spiro atoms. The standard InChI is InChI=1S/C17H22N2O2/c1-11(2)19(15-9-10-15)17(21)13-5-7-14(8-6-13)18-16(20)12-3-4-12/h5-8,11-12,15H,3-4,9-10H2,1-2H3,(H,18,20). The van der Waals surface area contributed by atoms with Crippen molar-refractivity contribution in [2.75, 3.05) is 5.32 Å². The maximum atomic E-state index is 12.6. The Morgan fingerprint density at radius 3 is 2.19 bits per heavy atom. The Balaban J connectivity index is 1.67. The van der Waals surface area contributed by atoms with Crippen LogP contribution < -0.4 is 5.32 Å². The zero-order valence-electron chi connectivity index (χ0n) is 12.6. The average molecular weight is 286 g/mol. The lowest BCUT2D eigenvalue weighted by Crippen LogP contribution is -2.38. The Kier molecular flexibility index (Phi) is 3.70. The molecule has 21 heavy (non-hydrogen) atoms. The lowest BCUT2D eigenvalue weighted by molar-refractivity contribution is -0.117. The van der Waals surface area contributed by atoms with E-state index in [9.17, 15) is 9.59 Å². The first-order valence-electron chi connectivity index (χ1n) is 7.80. The molecule has 0 saturated heterocycles. The first kappa shape index (κ1) is 14.1. The van der Waals surface area contributed by atoms with Crippen molar-refractivity contribution in [1.29, 1.82) is 0 Å². The van der Waals surface area contributed by atoms with E-state index < -0.39 is 0 Å². The summed E-state index contributed by atoms with van der Waals surface area (Å²) in [5, 5.41) is 2.89. The number of carbonyl (C=O) groups excluding carboxylic acids is 2. The largest absolute Gasteiger partial charge is 0.333 e. The van der Waals surface area contributed by atoms with Crippen LogP contribution in [0.1, 0.15) is 49.9 Å². The van der Waals surface area contributed by atoms with E-state index in [2.05, 4.69) is 19.2 Å². The van der Waals surface area contributed by atoms with Gasteiger partial charge in [-0.1, -0.05) is 0 Å². The molecule has 3 rings (SSSR count). The lowest BCUT2D eigenvalue weighted by Gasteiger charge is -2.26. The number of carbonyl (C=O) groups is 2. The smallest absolute Gasteiger partial charge is 0.254 e. The summed E-state index contributed by atoms with van der Waals surface area (Å²) in [6, 6.07) is 7.88. The number of hydrogen-bond donors (Lipinski definition) is 1. The van der Waals surface area contributed by atoms with Crippen molar-refractivity contribution in [3.05, 3.63) is 29.8 Å². The highest BCUT2D eigenvalue weighted by atomic mass is 16.2. The maximum Gasteiger partial charge on any atom is 0.254 e. The molecule has 2 fully saturated rings. The Morgan fingerprint density at radius 2 is 1.71 bits per heavy atom. The third kappa shape index (κ3) is 3.26. The first-order chi connectivity index (χ1) is 10.1. The summed E-state index contributed by atoms with van der Waals surface area (Å²) in [5.74, 6) is 0.376. The lowest BCUT2D eigenvalue weighted by atomic mass is 10.1. The molecule has 2 saturated carbocycles. The second-order valence-electron chi connectivity index (χ2n) is 6.38. The van der Waals surface area contributed by atoms with Crippen LogP contribution >= 0.6 is 0 Å². The fourth-order valence-electron chi connectivity index (χ4n) is 2.61. The molecule has 4 heteroatoms. The van der Waals surface area contributed by atoms with Gasteiger partial charge in [-0.2, -0.15) is 0 Å². The molecule has 0 bridgehead atoms. The predicted octanol–water partition coefficient (Wildman–Crippen LogP) is 3.05. The van der Waals surface area contributed by atoms with Crippen LogP contribution in [0.2, 0.25) is 0 Å². The highest BCUT2D eigenvalue weighted by Crippen LogP contribution is 2.31. The van der Waals surface area contributed by atoms with Crippen molar-refractivity contribution in [2.45, 2.75) is 51.6 Å². The molecule has 1 N–H and O–H groups in total. The van der Waals surface area contributed by atoms with E-state index in [-0.39, 0.29) is 23.8 Å². The van der Waals surface area contributed by atoms with Crippen molar-refractivity contribution in [3.63, 3.8) is 0 Å². The van der Waals surface area contributed by atoms with Gasteiger partial charge in [-0.15, -0.1) is 0 Å². The van der Waals surface area contributed by atoms with Crippen molar-refractivity contribution < 1.29 is 9.59 Å². The Bertz CT molecular complexity index is 540. The van der Waals surface area contributed by atoms with Crippen molar-refractivity contribution >= 4 is 17.5 Å². The molecule has 112 valence electrons. The number of hydrogen-bond acceptors (Lipinski definition) is 2. The van der Waals surface area contributed by atoms with E-state index in [1.807, 2.05) is 29.2 Å². The number of rotatable bonds is 5. The molecule has 1 aromatic carbocycles. The van der Waals surface area contributed by atoms with Gasteiger partial charge in [0.15, 0.2) is 0 Å². The van der Waals surface area contributed by atoms with Crippen LogP contribution in [0.15, 0.2) is 24.3 Å². The zero-order chi connectivity index (χ0) is 15.0. The average Bonchev–Trinajstić information content (AvgIpc) is 3.31. The van der Waals surface area contributed by atoms with Crippen molar-refractivity contribution in [3.8, 4) is 0 Å². The van der Waals surface area contributed by atoms with Gasteiger partial charge in [0.25, 0.3) is 5.91 Å². The number of benzene rings is 1. The van der Waals surface area contributed by atoms with Gasteiger partial charge in [-0.05, 0) is 63.8 Å². The molecule has 2 aliphatic carbocycles. The van der Waals surface area contributed by atoms with E-state index in [1.165, 1.54) is 0 Å². The molecule has 4 nitrogen and oxygen atoms in total. The zero-order valence-corrected chi connectivity index (χ0v) is 12.6. The molecule has 0 aromatic heterocycles. The Labute approximate surface area is 125 Å². The van der Waals surface area contributed by atoms with Crippen LogP contribution in [0.4, 0.5) is 5.69 Å².